The van der Waals surface area contributed by atoms with Crippen LogP contribution in [-0.4, -0.2) is 146 Å². The number of carboxylic acids is 1. The van der Waals surface area contributed by atoms with Gasteiger partial charge in [0.2, 0.25) is 38.0 Å². The smallest absolute Gasteiger partial charge is 0.488 e. The molecule has 0 saturated heterocycles. The fourth-order valence-corrected chi connectivity index (χ4v) is 17.3. The maximum absolute atomic E-state index is 13.5. The fraction of sp³-hybridized carbons (Fsp3) is 0.202. The van der Waals surface area contributed by atoms with E-state index in [0.717, 1.165) is 55.1 Å². The molecule has 12 aromatic heterocycles. The molecule has 0 unspecified atom stereocenters. The number of benzene rings is 4. The van der Waals surface area contributed by atoms with Gasteiger partial charge in [-0.25, -0.2) is 72.4 Å². The van der Waals surface area contributed by atoms with E-state index in [1.165, 1.54) is 75.7 Å². The topological polar surface area (TPSA) is 486 Å². The number of nitrogens with two attached hydrogens (primary N) is 5. The number of hydrogen-bond donors (Lipinski definition) is 10. The van der Waals surface area contributed by atoms with Crippen LogP contribution in [0.4, 0.5) is 47.2 Å². The van der Waals surface area contributed by atoms with Crippen molar-refractivity contribution in [1.29, 1.82) is 0 Å². The lowest BCUT2D eigenvalue weighted by atomic mass is 9.81. The number of carboxylic acid groups (broad SMARTS) is 1. The average Bonchev–Trinajstić information content (AvgIpc) is 1.59. The van der Waals surface area contributed by atoms with E-state index in [1.807, 2.05) is 36.7 Å². The van der Waals surface area contributed by atoms with Crippen LogP contribution in [0.3, 0.4) is 0 Å². The number of aliphatic carboxylic acids is 1. The zero-order valence-electron chi connectivity index (χ0n) is 69.2. The first-order chi connectivity index (χ1) is 60.4. The number of nitrogens with one attached hydrogen (secondary N) is 2. The Balaban J connectivity index is 0.000000215. The maximum atomic E-state index is 13.5. The predicted molar refractivity (Wildman–Crippen MR) is 525 cm³/mol. The lowest BCUT2D eigenvalue weighted by molar-refractivity contribution is -0.136. The molecule has 130 heavy (non-hydrogen) atoms. The van der Waals surface area contributed by atoms with Crippen LogP contribution in [-0.2, 0) is 46.2 Å². The van der Waals surface area contributed by atoms with Crippen molar-refractivity contribution in [3.8, 4) is 56.2 Å². The number of carbonyl (C=O) groups excluding carboxylic acids is 1. The molecule has 0 radical (unpaired) electrons. The number of aromatic nitrogens is 18. The molecule has 0 atom stereocenters. The normalized spacial score (nSPS) is 10.8. The van der Waals surface area contributed by atoms with E-state index in [1.54, 1.807) is 143 Å². The Morgan fingerprint density at radius 1 is 0.500 bits per heavy atom. The number of halogens is 7. The highest BCUT2D eigenvalue weighted by atomic mass is 79.9. The molecule has 46 heteroatoms. The summed E-state index contributed by atoms with van der Waals surface area (Å²) in [4.78, 5) is 81.1. The van der Waals surface area contributed by atoms with Gasteiger partial charge >= 0.3 is 13.1 Å². The number of hydrogen-bond acceptors (Lipinski definition) is 32. The highest BCUT2D eigenvalue weighted by Gasteiger charge is 2.25. The van der Waals surface area contributed by atoms with Crippen molar-refractivity contribution in [2.75, 3.05) is 28.4 Å². The van der Waals surface area contributed by atoms with E-state index in [-0.39, 0.29) is 94.6 Å². The highest BCUT2D eigenvalue weighted by Crippen LogP contribution is 2.38. The molecule has 0 aliphatic carbocycles. The Labute approximate surface area is 790 Å². The number of aryl methyl sites for hydroxylation is 2. The van der Waals surface area contributed by atoms with Crippen molar-refractivity contribution < 1.29 is 46.7 Å². The van der Waals surface area contributed by atoms with Crippen LogP contribution in [0.15, 0.2) is 198 Å². The summed E-state index contributed by atoms with van der Waals surface area (Å²) < 4.78 is 67.7. The minimum atomic E-state index is -1.43. The number of pyridine rings is 2. The number of fused-ring (bicyclic) bond motifs is 2. The number of anilines is 5. The van der Waals surface area contributed by atoms with Gasteiger partial charge in [-0.05, 0) is 233 Å². The molecule has 680 valence electrons. The van der Waals surface area contributed by atoms with E-state index in [4.69, 9.17) is 53.2 Å². The molecular weight excluding hydrogens is 1980 g/mol. The Morgan fingerprint density at radius 3 is 1.32 bits per heavy atom. The van der Waals surface area contributed by atoms with Gasteiger partial charge in [-0.3, -0.25) is 35.1 Å². The van der Waals surface area contributed by atoms with Crippen molar-refractivity contribution >= 4 is 181 Å². The quantitative estimate of drug-likeness (QED) is 0.0118. The SMILES string of the molecule is C.C.C.CC(=N[Si](C)(C)C)O[Si](C)(C)C.Cc1cc(-c2c(-c3ccc(F)cc3)nc(N)n3nc(Cc4nccs4)nc23)ccn1.Cc1cc(B(O)O)ccn1.NCc1nc(N)nc(-c2ccc(F)cc2)c1Br.Nc1nc(-c2ccc(F)cc2)c(Br)c2nc(Cc3nccs3)nn12.Nc1nc(NNC(=O)Cc2nccs2)c(Br)c(-c2ccc(F)cc2)n1.O=C(O)Cc1nccs1. The standard InChI is InChI=1S/C21H16FN7S.C15H12BrFN6OS.C15H10BrFN6S.C11H10BrFN4.C8H21NOSi2.C6H8BNO2.C5H5NO2S.3CH4/c1-12-10-14(6-7-24-12)18-19(13-2-4-15(22)5-3-13)27-21(23)29-20(18)26-16(28-29)11-17-25-8-9-30-17;16-12-13(8-1-3-9(17)4-2-8)20-15(18)21-14(12)23-22-10(24)7-11-19-5-6-25-11;16-12-13(8-1-3-9(17)4-2-8)21-15(18)23-14(12)20-10(22-23)7-11-19-5-6-24-11;12-9-8(5-14)16-11(15)17-10(9)6-1-3-7(13)4-2-6;1-8(9-11(2,3)4)10-12(5,6)7;1-5-4-6(7(9)10)2-3-8-5;7-5(8)3-4-6-1-2-9-4;;;/h2-10H,11H2,1H3,(H2,23,27);1-6H,7H2,(H,22,24)(H3,18,20,21,23);1-6H,7H2,(H2,18,21);1-4H,5,14H2,(H2,15,16,17);1-7H3;2-4,9-10H,1H3;1-2H,3H2,(H,7,8);3*1H4. The lowest BCUT2D eigenvalue weighted by Crippen LogP contribution is -2.31. The molecule has 0 bridgehead atoms. The molecule has 0 aliphatic heterocycles. The van der Waals surface area contributed by atoms with Crippen LogP contribution < -0.4 is 45.0 Å². The third-order valence-electron chi connectivity index (χ3n) is 16.4. The number of amides is 1. The molecule has 4 aromatic carbocycles. The molecule has 0 aliphatic rings. The minimum absolute atomic E-state index is 0. The van der Waals surface area contributed by atoms with Gasteiger partial charge in [0.1, 0.15) is 43.3 Å². The fourth-order valence-electron chi connectivity index (χ4n) is 11.2. The number of nitrogens with zero attached hydrogens (tertiary/aromatic N) is 19. The van der Waals surface area contributed by atoms with Gasteiger partial charge in [-0.1, -0.05) is 22.3 Å². The summed E-state index contributed by atoms with van der Waals surface area (Å²) in [6.45, 7) is 19.1. The van der Waals surface area contributed by atoms with Gasteiger partial charge in [-0.15, -0.1) is 55.5 Å². The largest absolute Gasteiger partial charge is 0.535 e. The third kappa shape index (κ3) is 31.4. The van der Waals surface area contributed by atoms with E-state index in [9.17, 15) is 27.2 Å². The van der Waals surface area contributed by atoms with Gasteiger partial charge in [0, 0.05) is 106 Å². The van der Waals surface area contributed by atoms with Crippen LogP contribution in [0.25, 0.3) is 67.5 Å². The summed E-state index contributed by atoms with van der Waals surface area (Å²) in [6, 6.07) is 31.0. The first kappa shape index (κ1) is 105. The summed E-state index contributed by atoms with van der Waals surface area (Å²) in [6.07, 6.45) is 11.2. The van der Waals surface area contributed by atoms with E-state index in [0.29, 0.717) is 105 Å². The van der Waals surface area contributed by atoms with Crippen LogP contribution in [0, 0.1) is 37.1 Å². The van der Waals surface area contributed by atoms with Gasteiger partial charge in [0.05, 0.1) is 73.1 Å². The molecule has 1 amide bonds. The molecule has 12 heterocycles. The molecule has 16 aromatic rings. The van der Waals surface area contributed by atoms with Crippen molar-refractivity contribution in [2.45, 2.75) is 115 Å². The van der Waals surface area contributed by atoms with Crippen LogP contribution in [0.1, 0.15) is 78.0 Å². The van der Waals surface area contributed by atoms with Crippen LogP contribution >= 0.6 is 93.1 Å². The van der Waals surface area contributed by atoms with Crippen molar-refractivity contribution in [1.82, 2.24) is 94.4 Å². The summed E-state index contributed by atoms with van der Waals surface area (Å²) in [5, 5.41) is 45.1. The Kier molecular flexibility index (Phi) is 39.6. The van der Waals surface area contributed by atoms with Crippen LogP contribution in [0.5, 0.6) is 0 Å². The Morgan fingerprint density at radius 2 is 0.908 bits per heavy atom. The van der Waals surface area contributed by atoms with Gasteiger partial charge in [-0.2, -0.15) is 14.0 Å². The zero-order valence-corrected chi connectivity index (χ0v) is 79.2. The second kappa shape index (κ2) is 49.1. The minimum Gasteiger partial charge on any atom is -0.535 e. The van der Waals surface area contributed by atoms with E-state index in [2.05, 4.69) is 178 Å². The van der Waals surface area contributed by atoms with Gasteiger partial charge in [0.15, 0.2) is 42.9 Å². The number of thiazole rings is 4. The summed E-state index contributed by atoms with van der Waals surface area (Å²) in [7, 11) is -4.15. The average molecular weight is 2070 g/mol. The van der Waals surface area contributed by atoms with E-state index < -0.39 is 29.6 Å². The lowest BCUT2D eigenvalue weighted by Gasteiger charge is -2.21. The Bertz CT molecular complexity index is 6380. The van der Waals surface area contributed by atoms with E-state index >= 15 is 0 Å². The van der Waals surface area contributed by atoms with Gasteiger partial charge < -0.3 is 48.2 Å². The van der Waals surface area contributed by atoms with Crippen molar-refractivity contribution in [3.05, 3.63) is 265 Å². The molecule has 16 rings (SSSR count). The number of nitrogen functional groups attached to an aromatic ring is 4. The maximum Gasteiger partial charge on any atom is 0.488 e. The second-order valence-electron chi connectivity index (χ2n) is 28.7. The zero-order chi connectivity index (χ0) is 91.8. The number of carbonyl (C=O) groups is 2. The summed E-state index contributed by atoms with van der Waals surface area (Å²) >= 11 is 16.1. The van der Waals surface area contributed by atoms with Crippen LogP contribution in [0.2, 0.25) is 39.3 Å². The number of rotatable bonds is 19. The third-order valence-corrected chi connectivity index (χ3v) is 23.7. The predicted octanol–water partition coefficient (Wildman–Crippen LogP) is 16.9. The second-order valence-corrected chi connectivity index (χ2v) is 43.9. The molecular formula is C84H94BBr3F4N26O6S4Si2. The monoisotopic (exact) mass is 2070 g/mol. The molecule has 0 spiro atoms. The Hall–Kier alpha value is -12.1. The molecule has 0 fully saturated rings. The highest BCUT2D eigenvalue weighted by molar-refractivity contribution is 9.11. The first-order valence-corrected chi connectivity index (χ1v) is 50.6. The van der Waals surface area contributed by atoms with Crippen molar-refractivity contribution in [3.63, 3.8) is 0 Å². The molecule has 32 nitrogen and oxygen atoms in total. The summed E-state index contributed by atoms with van der Waals surface area (Å²) in [5.74, 6) is 0.575. The number of hydrazine groups is 1. The van der Waals surface area contributed by atoms with Crippen molar-refractivity contribution in [2.24, 2.45) is 10.4 Å². The first-order valence-electron chi connectivity index (χ1n) is 37.8. The van der Waals surface area contributed by atoms with Gasteiger partial charge in [0.25, 0.3) is 0 Å². The molecule has 15 N–H and O–H groups in total. The molecule has 0 saturated carbocycles. The summed E-state index contributed by atoms with van der Waals surface area (Å²) in [5.41, 5.74) is 45.1.